The van der Waals surface area contributed by atoms with Crippen LogP contribution in [0.2, 0.25) is 0 Å². The maximum Gasteiger partial charge on any atom is 0.478 e. The van der Waals surface area contributed by atoms with Gasteiger partial charge in [0.05, 0.1) is 23.8 Å². The van der Waals surface area contributed by atoms with E-state index in [4.69, 9.17) is 9.39 Å². The Morgan fingerprint density at radius 1 is 1.06 bits per heavy atom. The Morgan fingerprint density at radius 3 is 2.38 bits per heavy atom. The van der Waals surface area contributed by atoms with Crippen molar-refractivity contribution in [3.8, 4) is 28.6 Å². The molecule has 2 aliphatic rings. The number of carbonyl (C=O) groups is 3. The number of nitrogens with one attached hydrogen (secondary N) is 2. The number of amides is 2. The molecule has 2 amide bonds. The summed E-state index contributed by atoms with van der Waals surface area (Å²) in [4.78, 5) is 40.5. The van der Waals surface area contributed by atoms with Crippen LogP contribution in [-0.2, 0) is 25.5 Å². The average molecular weight is 691 g/mol. The number of phenols is 2. The molecule has 0 bridgehead atoms. The fourth-order valence-corrected chi connectivity index (χ4v) is 6.52. The molecule has 50 heavy (non-hydrogen) atoms. The highest BCUT2D eigenvalue weighted by Crippen LogP contribution is 2.38. The van der Waals surface area contributed by atoms with E-state index in [1.54, 1.807) is 17.6 Å². The summed E-state index contributed by atoms with van der Waals surface area (Å²) in [5.74, 6) is -1.64. The lowest BCUT2D eigenvalue weighted by molar-refractivity contribution is -0.155. The Bertz CT molecular complexity index is 1670. The van der Waals surface area contributed by atoms with E-state index in [0.29, 0.717) is 62.3 Å². The molecule has 14 nitrogen and oxygen atoms in total. The predicted octanol–water partition coefficient (Wildman–Crippen LogP) is 3.07. The number of carbonyl (C=O) groups excluding carboxylic acids is 3. The molecular weight excluding hydrogens is 643 g/mol. The SMILES string of the molecule is CCNC(=O)c1nnc(-c2cc(C(C)C)c(O)cc2O)n1-c1ccc(CN2CCC(C(=O)O[C@H](C)CC(=O)N[C@H]3CC(C)OB3O)CC2)cc1. The van der Waals surface area contributed by atoms with Gasteiger partial charge < -0.3 is 35.3 Å². The number of hydrogen-bond donors (Lipinski definition) is 5. The van der Waals surface area contributed by atoms with Crippen molar-refractivity contribution in [2.45, 2.75) is 90.9 Å². The van der Waals surface area contributed by atoms with Crippen molar-refractivity contribution in [1.29, 1.82) is 0 Å². The van der Waals surface area contributed by atoms with Gasteiger partial charge in [0.25, 0.3) is 5.91 Å². The number of ether oxygens (including phenoxy) is 1. The van der Waals surface area contributed by atoms with E-state index in [1.807, 2.05) is 52.0 Å². The lowest BCUT2D eigenvalue weighted by Crippen LogP contribution is -2.44. The lowest BCUT2D eigenvalue weighted by Gasteiger charge is -2.31. The first-order valence-electron chi connectivity index (χ1n) is 17.3. The number of piperidine rings is 1. The molecule has 3 heterocycles. The highest BCUT2D eigenvalue weighted by atomic mass is 16.5. The monoisotopic (exact) mass is 690 g/mol. The van der Waals surface area contributed by atoms with Gasteiger partial charge >= 0.3 is 13.1 Å². The molecule has 2 fully saturated rings. The van der Waals surface area contributed by atoms with Gasteiger partial charge in [-0.15, -0.1) is 10.2 Å². The summed E-state index contributed by atoms with van der Waals surface area (Å²) in [6.45, 7) is 11.6. The zero-order valence-electron chi connectivity index (χ0n) is 29.3. The Kier molecular flexibility index (Phi) is 11.8. The molecule has 0 radical (unpaired) electrons. The molecule has 15 heteroatoms. The summed E-state index contributed by atoms with van der Waals surface area (Å²) in [5.41, 5.74) is 2.62. The summed E-state index contributed by atoms with van der Waals surface area (Å²) in [6.07, 6.45) is 1.07. The Balaban J connectivity index is 1.20. The molecule has 0 spiro atoms. The van der Waals surface area contributed by atoms with Gasteiger partial charge in [0, 0.05) is 30.9 Å². The Morgan fingerprint density at radius 2 is 1.76 bits per heavy atom. The van der Waals surface area contributed by atoms with Crippen molar-refractivity contribution < 1.29 is 39.0 Å². The van der Waals surface area contributed by atoms with Crippen LogP contribution in [0.1, 0.15) is 88.0 Å². The minimum absolute atomic E-state index is 0.00860. The number of likely N-dealkylation sites (tertiary alicyclic amines) is 1. The van der Waals surface area contributed by atoms with Crippen LogP contribution in [0, 0.1) is 5.92 Å². The van der Waals surface area contributed by atoms with Crippen LogP contribution in [0.15, 0.2) is 36.4 Å². The normalized spacial score (nSPS) is 19.1. The summed E-state index contributed by atoms with van der Waals surface area (Å²) >= 11 is 0. The Labute approximate surface area is 292 Å². The van der Waals surface area contributed by atoms with E-state index in [0.717, 1.165) is 5.56 Å². The predicted molar refractivity (Wildman–Crippen MR) is 185 cm³/mol. The number of nitrogens with zero attached hydrogens (tertiary/aromatic N) is 4. The van der Waals surface area contributed by atoms with E-state index >= 15 is 0 Å². The maximum atomic E-state index is 13.0. The zero-order chi connectivity index (χ0) is 36.1. The van der Waals surface area contributed by atoms with Crippen LogP contribution >= 0.6 is 0 Å². The Hall–Kier alpha value is -4.47. The quantitative estimate of drug-likeness (QED) is 0.139. The molecule has 0 aliphatic carbocycles. The van der Waals surface area contributed by atoms with E-state index in [-0.39, 0.29) is 59.4 Å². The third-order valence-electron chi connectivity index (χ3n) is 9.17. The molecule has 5 N–H and O–H groups in total. The second kappa shape index (κ2) is 16.0. The molecule has 3 atom stereocenters. The minimum atomic E-state index is -1.03. The van der Waals surface area contributed by atoms with E-state index in [1.165, 1.54) is 6.07 Å². The second-order valence-corrected chi connectivity index (χ2v) is 13.5. The van der Waals surface area contributed by atoms with Gasteiger partial charge in [-0.25, -0.2) is 0 Å². The van der Waals surface area contributed by atoms with Crippen LogP contribution in [-0.4, -0.2) is 97.6 Å². The molecule has 1 unspecified atom stereocenters. The van der Waals surface area contributed by atoms with Crippen molar-refractivity contribution in [2.75, 3.05) is 19.6 Å². The molecular formula is C35H47BN6O8. The summed E-state index contributed by atoms with van der Waals surface area (Å²) in [5, 5.41) is 45.1. The first kappa shape index (κ1) is 36.8. The lowest BCUT2D eigenvalue weighted by atomic mass is 9.80. The third kappa shape index (κ3) is 8.63. The number of benzene rings is 2. The van der Waals surface area contributed by atoms with Crippen molar-refractivity contribution in [3.63, 3.8) is 0 Å². The molecule has 2 saturated heterocycles. The minimum Gasteiger partial charge on any atom is -0.508 e. The van der Waals surface area contributed by atoms with Gasteiger partial charge in [0.2, 0.25) is 11.7 Å². The first-order valence-corrected chi connectivity index (χ1v) is 17.3. The molecule has 2 aliphatic heterocycles. The molecule has 0 saturated carbocycles. The number of aromatic hydroxyl groups is 2. The van der Waals surface area contributed by atoms with Gasteiger partial charge in [0.15, 0.2) is 5.82 Å². The molecule has 268 valence electrons. The van der Waals surface area contributed by atoms with Crippen molar-refractivity contribution in [3.05, 3.63) is 53.3 Å². The van der Waals surface area contributed by atoms with Crippen molar-refractivity contribution >= 4 is 24.9 Å². The third-order valence-corrected chi connectivity index (χ3v) is 9.17. The zero-order valence-corrected chi connectivity index (χ0v) is 29.3. The number of hydrogen-bond acceptors (Lipinski definition) is 11. The topological polar surface area (TPSA) is 188 Å². The van der Waals surface area contributed by atoms with Gasteiger partial charge in [-0.2, -0.15) is 0 Å². The number of esters is 1. The smallest absolute Gasteiger partial charge is 0.478 e. The highest BCUT2D eigenvalue weighted by molar-refractivity contribution is 6.46. The van der Waals surface area contributed by atoms with Crippen LogP contribution < -0.4 is 10.6 Å². The highest BCUT2D eigenvalue weighted by Gasteiger charge is 2.38. The average Bonchev–Trinajstić information content (AvgIpc) is 3.63. The largest absolute Gasteiger partial charge is 0.508 e. The number of aromatic nitrogens is 3. The fraction of sp³-hybridized carbons (Fsp3) is 0.514. The fourth-order valence-electron chi connectivity index (χ4n) is 6.52. The molecule has 1 aromatic heterocycles. The molecule has 3 aromatic rings. The van der Waals surface area contributed by atoms with Crippen molar-refractivity contribution in [1.82, 2.24) is 30.3 Å². The maximum absolute atomic E-state index is 13.0. The first-order chi connectivity index (χ1) is 23.8. The number of phenolic OH excluding ortho intramolecular Hbond substituents is 2. The van der Waals surface area contributed by atoms with Crippen LogP contribution in [0.4, 0.5) is 0 Å². The van der Waals surface area contributed by atoms with Gasteiger partial charge in [-0.05, 0) is 88.4 Å². The van der Waals surface area contributed by atoms with E-state index in [9.17, 15) is 29.6 Å². The summed E-state index contributed by atoms with van der Waals surface area (Å²) in [6, 6.07) is 10.6. The second-order valence-electron chi connectivity index (χ2n) is 13.5. The van der Waals surface area contributed by atoms with Crippen LogP contribution in [0.25, 0.3) is 17.1 Å². The van der Waals surface area contributed by atoms with Gasteiger partial charge in [-0.3, -0.25) is 23.9 Å². The van der Waals surface area contributed by atoms with Crippen LogP contribution in [0.5, 0.6) is 11.5 Å². The summed E-state index contributed by atoms with van der Waals surface area (Å²) in [7, 11) is -1.03. The molecule has 2 aromatic carbocycles. The summed E-state index contributed by atoms with van der Waals surface area (Å²) < 4.78 is 12.5. The van der Waals surface area contributed by atoms with Gasteiger partial charge in [-0.1, -0.05) is 26.0 Å². The van der Waals surface area contributed by atoms with Crippen molar-refractivity contribution in [2.24, 2.45) is 5.92 Å². The van der Waals surface area contributed by atoms with E-state index < -0.39 is 25.1 Å². The van der Waals surface area contributed by atoms with Gasteiger partial charge in [0.1, 0.15) is 17.6 Å². The van der Waals surface area contributed by atoms with Crippen LogP contribution in [0.3, 0.4) is 0 Å². The molecule has 5 rings (SSSR count). The number of rotatable bonds is 12. The van der Waals surface area contributed by atoms with E-state index in [2.05, 4.69) is 25.7 Å². The standard InChI is InChI=1S/C35H47BN6O8/c1-6-37-34(46)33-40-39-32(27-17-26(20(2)3)28(43)18-29(27)44)42(33)25-9-7-23(8-10-25)19-41-13-11-24(12-14-41)35(47)49-21(4)16-31(45)38-30-15-22(5)50-36(30)48/h7-10,17-18,20-22,24,30,43-44,48H,6,11-16,19H2,1-5H3,(H,37,46)(H,38,45)/t21-,22?,30+/m1/s1.